The van der Waals surface area contributed by atoms with E-state index in [1.54, 1.807) is 0 Å². The van der Waals surface area contributed by atoms with Gasteiger partial charge >= 0.3 is 6.09 Å². The van der Waals surface area contributed by atoms with Crippen LogP contribution in [-0.2, 0) is 0 Å². The van der Waals surface area contributed by atoms with Gasteiger partial charge in [0, 0.05) is 6.54 Å². The highest BCUT2D eigenvalue weighted by Crippen LogP contribution is 2.31. The van der Waals surface area contributed by atoms with E-state index in [2.05, 4.69) is 13.8 Å². The summed E-state index contributed by atoms with van der Waals surface area (Å²) in [5.74, 6) is 1.69. The molecular weight excluding hydrogens is 799 g/mol. The van der Waals surface area contributed by atoms with Crippen molar-refractivity contribution in [3.05, 3.63) is 59.7 Å². The SMILES string of the molecule is CCCCCCCCCCCCCCCCCCCCCCOc1ccc(C(c2ccc(OCCCCCCCCCCCCCCCCCCCCCC)cc2)N(CC)C(=O)O)cc1. The minimum absolute atomic E-state index is 0.394. The van der Waals surface area contributed by atoms with E-state index in [1.165, 1.54) is 249 Å². The molecular formula is C60H105NO4. The Kier molecular flexibility index (Phi) is 39.4. The van der Waals surface area contributed by atoms with Crippen LogP contribution in [0.25, 0.3) is 0 Å². The van der Waals surface area contributed by atoms with Crippen molar-refractivity contribution in [3.8, 4) is 11.5 Å². The summed E-state index contributed by atoms with van der Waals surface area (Å²) in [4.78, 5) is 13.9. The van der Waals surface area contributed by atoms with E-state index in [1.807, 2.05) is 55.5 Å². The second-order valence-corrected chi connectivity index (χ2v) is 19.7. The predicted octanol–water partition coefficient (Wildman–Crippen LogP) is 20.2. The molecule has 2 aromatic rings. The Morgan fingerprint density at radius 3 is 0.785 bits per heavy atom. The van der Waals surface area contributed by atoms with Gasteiger partial charge in [-0.25, -0.2) is 4.79 Å². The van der Waals surface area contributed by atoms with Crippen molar-refractivity contribution in [2.24, 2.45) is 0 Å². The van der Waals surface area contributed by atoms with E-state index in [-0.39, 0.29) is 0 Å². The van der Waals surface area contributed by atoms with Gasteiger partial charge in [-0.2, -0.15) is 0 Å². The fourth-order valence-corrected chi connectivity index (χ4v) is 9.57. The lowest BCUT2D eigenvalue weighted by Crippen LogP contribution is -2.34. The van der Waals surface area contributed by atoms with E-state index >= 15 is 0 Å². The van der Waals surface area contributed by atoms with Crippen molar-refractivity contribution in [1.29, 1.82) is 0 Å². The molecule has 0 radical (unpaired) electrons. The first-order valence-corrected chi connectivity index (χ1v) is 28.6. The molecule has 5 heteroatoms. The number of hydrogen-bond acceptors (Lipinski definition) is 3. The molecule has 0 aromatic heterocycles. The van der Waals surface area contributed by atoms with Gasteiger partial charge in [-0.05, 0) is 55.2 Å². The van der Waals surface area contributed by atoms with Crippen molar-refractivity contribution < 1.29 is 19.4 Å². The number of benzene rings is 2. The summed E-state index contributed by atoms with van der Waals surface area (Å²) in [5.41, 5.74) is 1.89. The fourth-order valence-electron chi connectivity index (χ4n) is 9.57. The highest BCUT2D eigenvalue weighted by molar-refractivity contribution is 5.66. The van der Waals surface area contributed by atoms with E-state index in [4.69, 9.17) is 9.47 Å². The van der Waals surface area contributed by atoms with Crippen LogP contribution in [0.1, 0.15) is 295 Å². The zero-order chi connectivity index (χ0) is 46.5. The summed E-state index contributed by atoms with van der Waals surface area (Å²) < 4.78 is 12.2. The summed E-state index contributed by atoms with van der Waals surface area (Å²) in [6.45, 7) is 8.33. The minimum Gasteiger partial charge on any atom is -0.494 e. The van der Waals surface area contributed by atoms with Crippen LogP contribution in [-0.4, -0.2) is 35.9 Å². The second-order valence-electron chi connectivity index (χ2n) is 19.7. The highest BCUT2D eigenvalue weighted by Gasteiger charge is 2.25. The predicted molar refractivity (Wildman–Crippen MR) is 282 cm³/mol. The number of rotatable bonds is 48. The lowest BCUT2D eigenvalue weighted by Gasteiger charge is -2.29. The van der Waals surface area contributed by atoms with Crippen molar-refractivity contribution in [2.45, 2.75) is 284 Å². The maximum absolute atomic E-state index is 12.3. The van der Waals surface area contributed by atoms with Gasteiger partial charge in [0.1, 0.15) is 11.5 Å². The van der Waals surface area contributed by atoms with Gasteiger partial charge in [0.05, 0.1) is 19.3 Å². The number of amides is 1. The first-order valence-electron chi connectivity index (χ1n) is 28.6. The molecule has 374 valence electrons. The maximum Gasteiger partial charge on any atom is 0.408 e. The molecule has 5 nitrogen and oxygen atoms in total. The van der Waals surface area contributed by atoms with E-state index in [0.717, 1.165) is 48.7 Å². The van der Waals surface area contributed by atoms with Crippen LogP contribution < -0.4 is 9.47 Å². The number of unbranched alkanes of at least 4 members (excludes halogenated alkanes) is 38. The van der Waals surface area contributed by atoms with Gasteiger partial charge in [0.2, 0.25) is 0 Å². The molecule has 65 heavy (non-hydrogen) atoms. The molecule has 0 spiro atoms. The summed E-state index contributed by atoms with van der Waals surface area (Å²) in [7, 11) is 0. The Morgan fingerprint density at radius 2 is 0.585 bits per heavy atom. The van der Waals surface area contributed by atoms with Crippen LogP contribution in [0.5, 0.6) is 11.5 Å². The Hall–Kier alpha value is -2.69. The zero-order valence-corrected chi connectivity index (χ0v) is 43.2. The quantitative estimate of drug-likeness (QED) is 0.0672. The van der Waals surface area contributed by atoms with Crippen LogP contribution in [0.3, 0.4) is 0 Å². The zero-order valence-electron chi connectivity index (χ0n) is 43.2. The second kappa shape index (κ2) is 43.9. The highest BCUT2D eigenvalue weighted by atomic mass is 16.5. The molecule has 0 fully saturated rings. The molecule has 0 aliphatic heterocycles. The maximum atomic E-state index is 12.3. The van der Waals surface area contributed by atoms with Crippen LogP contribution >= 0.6 is 0 Å². The molecule has 0 atom stereocenters. The normalized spacial score (nSPS) is 11.4. The van der Waals surface area contributed by atoms with E-state index in [0.29, 0.717) is 6.54 Å². The molecule has 0 heterocycles. The molecule has 0 bridgehead atoms. The molecule has 0 aliphatic carbocycles. The van der Waals surface area contributed by atoms with Gasteiger partial charge in [-0.15, -0.1) is 0 Å². The summed E-state index contributed by atoms with van der Waals surface area (Å²) in [6.07, 6.45) is 54.4. The average Bonchev–Trinajstić information content (AvgIpc) is 3.32. The largest absolute Gasteiger partial charge is 0.494 e. The molecule has 2 aromatic carbocycles. The molecule has 0 unspecified atom stereocenters. The smallest absolute Gasteiger partial charge is 0.408 e. The first-order chi connectivity index (χ1) is 32.1. The third-order valence-corrected chi connectivity index (χ3v) is 13.8. The summed E-state index contributed by atoms with van der Waals surface area (Å²) in [5, 5.41) is 10.1. The van der Waals surface area contributed by atoms with Crippen LogP contribution in [0, 0.1) is 0 Å². The van der Waals surface area contributed by atoms with E-state index < -0.39 is 12.1 Å². The Labute approximate surface area is 403 Å². The van der Waals surface area contributed by atoms with Crippen molar-refractivity contribution in [1.82, 2.24) is 4.90 Å². The van der Waals surface area contributed by atoms with Crippen LogP contribution in [0.4, 0.5) is 4.79 Å². The van der Waals surface area contributed by atoms with Crippen LogP contribution in [0.15, 0.2) is 48.5 Å². The Bertz CT molecular complexity index is 1210. The monoisotopic (exact) mass is 904 g/mol. The number of hydrogen-bond donors (Lipinski definition) is 1. The van der Waals surface area contributed by atoms with Crippen molar-refractivity contribution in [3.63, 3.8) is 0 Å². The molecule has 0 aliphatic rings. The van der Waals surface area contributed by atoms with Crippen molar-refractivity contribution in [2.75, 3.05) is 19.8 Å². The lowest BCUT2D eigenvalue weighted by molar-refractivity contribution is 0.135. The fraction of sp³-hybridized carbons (Fsp3) is 0.783. The van der Waals surface area contributed by atoms with E-state index in [9.17, 15) is 9.90 Å². The summed E-state index contributed by atoms with van der Waals surface area (Å²) in [6, 6.07) is 15.7. The van der Waals surface area contributed by atoms with Gasteiger partial charge in [-0.1, -0.05) is 282 Å². The summed E-state index contributed by atoms with van der Waals surface area (Å²) >= 11 is 0. The molecule has 0 saturated heterocycles. The number of nitrogens with zero attached hydrogens (tertiary/aromatic N) is 1. The molecule has 1 N–H and O–H groups in total. The Balaban J connectivity index is 1.51. The topological polar surface area (TPSA) is 59.0 Å². The third-order valence-electron chi connectivity index (χ3n) is 13.8. The van der Waals surface area contributed by atoms with Gasteiger partial charge < -0.3 is 14.6 Å². The molecule has 0 saturated carbocycles. The van der Waals surface area contributed by atoms with Gasteiger partial charge in [0.15, 0.2) is 0 Å². The standard InChI is InChI=1S/C60H105NO4/c1-4-7-9-11-13-15-17-19-21-23-25-27-29-31-33-35-37-39-41-43-53-64-57-49-45-55(46-50-57)59(61(6-3)60(62)63)56-47-51-58(52-48-56)65-54-44-42-40-38-36-34-32-30-28-26-24-22-20-18-16-14-12-10-8-5-2/h45-52,59H,4-44,53-54H2,1-3H3,(H,62,63). The third kappa shape index (κ3) is 32.6. The number of carboxylic acid groups (broad SMARTS) is 1. The number of ether oxygens (including phenoxy) is 2. The number of carbonyl (C=O) groups is 1. The minimum atomic E-state index is -0.919. The molecule has 1 amide bonds. The van der Waals surface area contributed by atoms with Gasteiger partial charge in [0.25, 0.3) is 0 Å². The average molecular weight is 905 g/mol. The molecule has 2 rings (SSSR count). The Morgan fingerprint density at radius 1 is 0.369 bits per heavy atom. The first kappa shape index (κ1) is 58.4. The van der Waals surface area contributed by atoms with Crippen molar-refractivity contribution >= 4 is 6.09 Å². The van der Waals surface area contributed by atoms with Crippen LogP contribution in [0.2, 0.25) is 0 Å². The van der Waals surface area contributed by atoms with Gasteiger partial charge in [-0.3, -0.25) is 4.90 Å². The lowest BCUT2D eigenvalue weighted by atomic mass is 9.97.